The van der Waals surface area contributed by atoms with Crippen LogP contribution in [0.15, 0.2) is 0 Å². The highest BCUT2D eigenvalue weighted by atomic mass is 16.5. The fraction of sp³-hybridized carbons (Fsp3) is 0.846. The third-order valence-electron chi connectivity index (χ3n) is 4.71. The summed E-state index contributed by atoms with van der Waals surface area (Å²) in [6.07, 6.45) is 3.64. The Hall–Kier alpha value is -1.10. The van der Waals surface area contributed by atoms with E-state index in [-0.39, 0.29) is 17.7 Å². The number of fused-ring (bicyclic) bond motifs is 1. The van der Waals surface area contributed by atoms with E-state index in [1.54, 1.807) is 0 Å². The fourth-order valence-electron chi connectivity index (χ4n) is 3.24. The average molecular weight is 252 g/mol. The molecule has 2 amide bonds. The molecule has 1 saturated carbocycles. The zero-order valence-electron chi connectivity index (χ0n) is 10.6. The summed E-state index contributed by atoms with van der Waals surface area (Å²) >= 11 is 0. The Kier molecular flexibility index (Phi) is 2.81. The van der Waals surface area contributed by atoms with E-state index in [2.05, 4.69) is 0 Å². The maximum atomic E-state index is 12.1. The fourth-order valence-corrected chi connectivity index (χ4v) is 3.24. The summed E-state index contributed by atoms with van der Waals surface area (Å²) in [6, 6.07) is 0. The maximum Gasteiger partial charge on any atom is 0.225 e. The molecule has 2 saturated heterocycles. The Morgan fingerprint density at radius 1 is 1.39 bits per heavy atom. The van der Waals surface area contributed by atoms with Crippen LogP contribution in [-0.2, 0) is 14.3 Å². The first-order valence-corrected chi connectivity index (χ1v) is 6.77. The number of amides is 2. The van der Waals surface area contributed by atoms with Crippen LogP contribution < -0.4 is 5.73 Å². The van der Waals surface area contributed by atoms with E-state index in [1.165, 1.54) is 12.8 Å². The van der Waals surface area contributed by atoms with E-state index in [9.17, 15) is 9.59 Å². The minimum atomic E-state index is -0.530. The molecule has 2 aliphatic heterocycles. The molecule has 5 heteroatoms. The van der Waals surface area contributed by atoms with Crippen LogP contribution in [0.4, 0.5) is 0 Å². The standard InChI is InChI=1S/C13H20N2O3/c14-12(17)13-3-4-18-7-10(13)6-15(8-13)11(16)5-9-1-2-9/h9-10H,1-8H2,(H2,14,17)/t10-,13+/m1/s1. The highest BCUT2D eigenvalue weighted by Crippen LogP contribution is 2.43. The van der Waals surface area contributed by atoms with Crippen molar-refractivity contribution in [3.05, 3.63) is 0 Å². The van der Waals surface area contributed by atoms with Gasteiger partial charge in [0.15, 0.2) is 0 Å². The van der Waals surface area contributed by atoms with Gasteiger partial charge >= 0.3 is 0 Å². The number of ether oxygens (including phenoxy) is 1. The molecule has 0 aromatic heterocycles. The first-order valence-electron chi connectivity index (χ1n) is 6.77. The number of nitrogens with zero attached hydrogens (tertiary/aromatic N) is 1. The Labute approximate surface area is 107 Å². The van der Waals surface area contributed by atoms with Crippen LogP contribution in [0.5, 0.6) is 0 Å². The minimum Gasteiger partial charge on any atom is -0.381 e. The number of likely N-dealkylation sites (tertiary alicyclic amines) is 1. The van der Waals surface area contributed by atoms with Crippen LogP contribution in [0.1, 0.15) is 25.7 Å². The molecule has 0 spiro atoms. The molecule has 18 heavy (non-hydrogen) atoms. The second-order valence-corrected chi connectivity index (χ2v) is 5.96. The van der Waals surface area contributed by atoms with Crippen molar-refractivity contribution in [1.29, 1.82) is 0 Å². The largest absolute Gasteiger partial charge is 0.381 e. The Bertz CT molecular complexity index is 380. The van der Waals surface area contributed by atoms with Crippen molar-refractivity contribution < 1.29 is 14.3 Å². The van der Waals surface area contributed by atoms with Crippen LogP contribution in [0, 0.1) is 17.3 Å². The van der Waals surface area contributed by atoms with Crippen LogP contribution in [-0.4, -0.2) is 43.0 Å². The van der Waals surface area contributed by atoms with Crippen LogP contribution in [0.2, 0.25) is 0 Å². The molecule has 100 valence electrons. The van der Waals surface area contributed by atoms with Gasteiger partial charge in [-0.3, -0.25) is 9.59 Å². The van der Waals surface area contributed by atoms with Gasteiger partial charge in [0.2, 0.25) is 11.8 Å². The molecule has 0 aromatic rings. The van der Waals surface area contributed by atoms with Gasteiger partial charge in [0, 0.05) is 32.0 Å². The molecular weight excluding hydrogens is 232 g/mol. The van der Waals surface area contributed by atoms with Crippen LogP contribution in [0.25, 0.3) is 0 Å². The van der Waals surface area contributed by atoms with Crippen molar-refractivity contribution >= 4 is 11.8 Å². The summed E-state index contributed by atoms with van der Waals surface area (Å²) in [5.74, 6) is 0.595. The molecule has 2 N–H and O–H groups in total. The van der Waals surface area contributed by atoms with Gasteiger partial charge in [-0.15, -0.1) is 0 Å². The van der Waals surface area contributed by atoms with Crippen LogP contribution in [0.3, 0.4) is 0 Å². The van der Waals surface area contributed by atoms with Gasteiger partial charge in [-0.25, -0.2) is 0 Å². The number of hydrogen-bond acceptors (Lipinski definition) is 3. The summed E-state index contributed by atoms with van der Waals surface area (Å²) in [5.41, 5.74) is 5.06. The maximum absolute atomic E-state index is 12.1. The Morgan fingerprint density at radius 3 is 2.78 bits per heavy atom. The zero-order valence-corrected chi connectivity index (χ0v) is 10.6. The molecule has 3 fully saturated rings. The molecule has 3 aliphatic rings. The summed E-state index contributed by atoms with van der Waals surface area (Å²) < 4.78 is 5.43. The van der Waals surface area contributed by atoms with Crippen molar-refractivity contribution in [1.82, 2.24) is 4.90 Å². The van der Waals surface area contributed by atoms with Crippen molar-refractivity contribution in [2.24, 2.45) is 23.0 Å². The first-order chi connectivity index (χ1) is 8.62. The SMILES string of the molecule is NC(=O)[C@]12CCOC[C@H]1CN(C(=O)CC1CC1)C2. The number of hydrogen-bond donors (Lipinski definition) is 1. The van der Waals surface area contributed by atoms with Crippen molar-refractivity contribution in [2.45, 2.75) is 25.7 Å². The van der Waals surface area contributed by atoms with E-state index < -0.39 is 5.41 Å². The van der Waals surface area contributed by atoms with E-state index in [0.717, 1.165) is 0 Å². The second kappa shape index (κ2) is 4.23. The molecule has 2 atom stereocenters. The van der Waals surface area contributed by atoms with E-state index >= 15 is 0 Å². The lowest BCUT2D eigenvalue weighted by atomic mass is 9.74. The van der Waals surface area contributed by atoms with Crippen molar-refractivity contribution in [3.63, 3.8) is 0 Å². The van der Waals surface area contributed by atoms with E-state index in [0.29, 0.717) is 45.1 Å². The first kappa shape index (κ1) is 12.0. The molecule has 0 aromatic carbocycles. The number of primary amides is 1. The second-order valence-electron chi connectivity index (χ2n) is 5.96. The van der Waals surface area contributed by atoms with E-state index in [4.69, 9.17) is 10.5 Å². The number of rotatable bonds is 3. The van der Waals surface area contributed by atoms with Gasteiger partial charge in [0.1, 0.15) is 0 Å². The minimum absolute atomic E-state index is 0.0897. The van der Waals surface area contributed by atoms with Gasteiger partial charge in [-0.2, -0.15) is 0 Å². The summed E-state index contributed by atoms with van der Waals surface area (Å²) in [6.45, 7) is 2.26. The highest BCUT2D eigenvalue weighted by Gasteiger charge is 2.53. The molecule has 5 nitrogen and oxygen atoms in total. The third-order valence-corrected chi connectivity index (χ3v) is 4.71. The predicted octanol–water partition coefficient (Wildman–Crippen LogP) is 0.137. The van der Waals surface area contributed by atoms with Gasteiger partial charge in [0.05, 0.1) is 12.0 Å². The lowest BCUT2D eigenvalue weighted by Gasteiger charge is -2.34. The van der Waals surface area contributed by atoms with Crippen molar-refractivity contribution in [3.8, 4) is 0 Å². The molecule has 1 aliphatic carbocycles. The van der Waals surface area contributed by atoms with Gasteiger partial charge in [-0.1, -0.05) is 0 Å². The lowest BCUT2D eigenvalue weighted by Crippen LogP contribution is -2.48. The summed E-state index contributed by atoms with van der Waals surface area (Å²) in [7, 11) is 0. The number of carbonyl (C=O) groups is 2. The Balaban J connectivity index is 1.72. The average Bonchev–Trinajstić information content (AvgIpc) is 3.06. The zero-order chi connectivity index (χ0) is 12.8. The highest BCUT2D eigenvalue weighted by molar-refractivity contribution is 5.84. The molecule has 0 radical (unpaired) electrons. The van der Waals surface area contributed by atoms with Gasteiger partial charge < -0.3 is 15.4 Å². The molecule has 0 bridgehead atoms. The molecule has 3 rings (SSSR count). The monoisotopic (exact) mass is 252 g/mol. The molecular formula is C13H20N2O3. The third kappa shape index (κ3) is 1.90. The number of nitrogens with two attached hydrogens (primary N) is 1. The summed E-state index contributed by atoms with van der Waals surface area (Å²) in [5, 5.41) is 0. The van der Waals surface area contributed by atoms with Crippen molar-refractivity contribution in [2.75, 3.05) is 26.3 Å². The molecule has 0 unspecified atom stereocenters. The predicted molar refractivity (Wildman–Crippen MR) is 64.5 cm³/mol. The summed E-state index contributed by atoms with van der Waals surface area (Å²) in [4.78, 5) is 25.8. The quantitative estimate of drug-likeness (QED) is 0.776. The molecule has 2 heterocycles. The van der Waals surface area contributed by atoms with Gasteiger partial charge in [-0.05, 0) is 25.2 Å². The lowest BCUT2D eigenvalue weighted by molar-refractivity contribution is -0.136. The topological polar surface area (TPSA) is 72.6 Å². The number of carbonyl (C=O) groups excluding carboxylic acids is 2. The van der Waals surface area contributed by atoms with Crippen LogP contribution >= 0.6 is 0 Å². The normalized spacial score (nSPS) is 35.3. The smallest absolute Gasteiger partial charge is 0.225 e. The van der Waals surface area contributed by atoms with Gasteiger partial charge in [0.25, 0.3) is 0 Å². The van der Waals surface area contributed by atoms with E-state index in [1.807, 2.05) is 4.90 Å². The Morgan fingerprint density at radius 2 is 2.17 bits per heavy atom.